The van der Waals surface area contributed by atoms with Crippen LogP contribution in [0.25, 0.3) is 0 Å². The summed E-state index contributed by atoms with van der Waals surface area (Å²) in [7, 11) is 0. The minimum absolute atomic E-state index is 0.363. The lowest BCUT2D eigenvalue weighted by atomic mass is 9.98. The summed E-state index contributed by atoms with van der Waals surface area (Å²) in [5.74, 6) is 1.59. The average molecular weight is 235 g/mol. The van der Waals surface area contributed by atoms with Crippen molar-refractivity contribution >= 4 is 5.69 Å². The van der Waals surface area contributed by atoms with Crippen LogP contribution in [0.2, 0.25) is 0 Å². The molecule has 0 saturated heterocycles. The van der Waals surface area contributed by atoms with Gasteiger partial charge in [-0.3, -0.25) is 0 Å². The molecule has 1 aromatic rings. The van der Waals surface area contributed by atoms with Gasteiger partial charge in [0, 0.05) is 6.07 Å². The maximum absolute atomic E-state index is 5.96. The number of rotatable bonds is 4. The van der Waals surface area contributed by atoms with Crippen molar-refractivity contribution in [3.63, 3.8) is 0 Å². The fourth-order valence-corrected chi connectivity index (χ4v) is 2.24. The van der Waals surface area contributed by atoms with Crippen LogP contribution >= 0.6 is 0 Å². The van der Waals surface area contributed by atoms with Gasteiger partial charge in [-0.2, -0.15) is 0 Å². The van der Waals surface area contributed by atoms with Gasteiger partial charge in [0.05, 0.1) is 18.4 Å². The maximum atomic E-state index is 5.96. The monoisotopic (exact) mass is 235 g/mol. The van der Waals surface area contributed by atoms with Gasteiger partial charge in [0.1, 0.15) is 11.5 Å². The molecule has 0 heterocycles. The van der Waals surface area contributed by atoms with E-state index in [2.05, 4.69) is 0 Å². The van der Waals surface area contributed by atoms with Gasteiger partial charge < -0.3 is 15.2 Å². The molecule has 1 saturated carbocycles. The highest BCUT2D eigenvalue weighted by molar-refractivity contribution is 5.55. The topological polar surface area (TPSA) is 44.5 Å². The Kier molecular flexibility index (Phi) is 4.13. The van der Waals surface area contributed by atoms with E-state index >= 15 is 0 Å². The molecule has 3 heteroatoms. The van der Waals surface area contributed by atoms with Crippen molar-refractivity contribution in [3.8, 4) is 11.5 Å². The molecule has 17 heavy (non-hydrogen) atoms. The molecular weight excluding hydrogens is 214 g/mol. The number of hydrogen-bond donors (Lipinski definition) is 1. The fraction of sp³-hybridized carbons (Fsp3) is 0.571. The summed E-state index contributed by atoms with van der Waals surface area (Å²) in [5, 5.41) is 0. The summed E-state index contributed by atoms with van der Waals surface area (Å²) in [6.45, 7) is 2.57. The molecule has 1 fully saturated rings. The van der Waals surface area contributed by atoms with Crippen LogP contribution < -0.4 is 15.2 Å². The molecular formula is C14H21NO2. The maximum Gasteiger partial charge on any atom is 0.145 e. The van der Waals surface area contributed by atoms with E-state index in [9.17, 15) is 0 Å². The fourth-order valence-electron chi connectivity index (χ4n) is 2.24. The number of hydrogen-bond acceptors (Lipinski definition) is 3. The summed E-state index contributed by atoms with van der Waals surface area (Å²) >= 11 is 0. The molecule has 2 rings (SSSR count). The second-order valence-electron chi connectivity index (χ2n) is 4.51. The van der Waals surface area contributed by atoms with Crippen molar-refractivity contribution in [2.24, 2.45) is 0 Å². The Bertz CT molecular complexity index is 359. The van der Waals surface area contributed by atoms with E-state index in [1.807, 2.05) is 25.1 Å². The highest BCUT2D eigenvalue weighted by Crippen LogP contribution is 2.29. The second kappa shape index (κ2) is 5.80. The van der Waals surface area contributed by atoms with Gasteiger partial charge in [0.25, 0.3) is 0 Å². The summed E-state index contributed by atoms with van der Waals surface area (Å²) in [6.07, 6.45) is 6.58. The minimum atomic E-state index is 0.363. The quantitative estimate of drug-likeness (QED) is 0.814. The van der Waals surface area contributed by atoms with E-state index in [1.165, 1.54) is 19.3 Å². The van der Waals surface area contributed by atoms with E-state index < -0.39 is 0 Å². The van der Waals surface area contributed by atoms with Crippen molar-refractivity contribution < 1.29 is 9.47 Å². The van der Waals surface area contributed by atoms with Crippen LogP contribution in [0.4, 0.5) is 5.69 Å². The SMILES string of the molecule is CCOc1cc(OC2CCCCC2)ccc1N. The molecule has 1 aliphatic rings. The lowest BCUT2D eigenvalue weighted by molar-refractivity contribution is 0.154. The molecule has 0 radical (unpaired) electrons. The lowest BCUT2D eigenvalue weighted by Crippen LogP contribution is -2.19. The van der Waals surface area contributed by atoms with Gasteiger partial charge in [-0.15, -0.1) is 0 Å². The Morgan fingerprint density at radius 1 is 1.24 bits per heavy atom. The van der Waals surface area contributed by atoms with Crippen LogP contribution in [-0.2, 0) is 0 Å². The summed E-state index contributed by atoms with van der Waals surface area (Å²) in [6, 6.07) is 5.67. The third-order valence-electron chi connectivity index (χ3n) is 3.14. The second-order valence-corrected chi connectivity index (χ2v) is 4.51. The molecule has 0 aliphatic heterocycles. The molecule has 0 amide bonds. The average Bonchev–Trinajstić information content (AvgIpc) is 2.35. The Morgan fingerprint density at radius 3 is 2.71 bits per heavy atom. The van der Waals surface area contributed by atoms with Gasteiger partial charge in [-0.25, -0.2) is 0 Å². The number of anilines is 1. The normalized spacial score (nSPS) is 16.8. The first kappa shape index (κ1) is 12.1. The van der Waals surface area contributed by atoms with Crippen molar-refractivity contribution in [2.45, 2.75) is 45.1 Å². The largest absolute Gasteiger partial charge is 0.492 e. The number of ether oxygens (including phenoxy) is 2. The first-order valence-corrected chi connectivity index (χ1v) is 6.48. The van der Waals surface area contributed by atoms with Gasteiger partial charge in [0.2, 0.25) is 0 Å². The van der Waals surface area contributed by atoms with Crippen molar-refractivity contribution in [1.29, 1.82) is 0 Å². The van der Waals surface area contributed by atoms with Crippen LogP contribution in [-0.4, -0.2) is 12.7 Å². The molecule has 0 atom stereocenters. The Labute approximate surface area is 103 Å². The number of nitrogens with two attached hydrogens (primary N) is 1. The first-order valence-electron chi connectivity index (χ1n) is 6.48. The predicted octanol–water partition coefficient (Wildman–Crippen LogP) is 3.38. The summed E-state index contributed by atoms with van der Waals surface area (Å²) in [5.41, 5.74) is 6.50. The standard InChI is InChI=1S/C14H21NO2/c1-2-16-14-10-12(8-9-13(14)15)17-11-6-4-3-5-7-11/h8-11H,2-7,15H2,1H3. The molecule has 1 aromatic carbocycles. The van der Waals surface area contributed by atoms with Gasteiger partial charge in [-0.05, 0) is 44.7 Å². The summed E-state index contributed by atoms with van der Waals surface area (Å²) < 4.78 is 11.4. The lowest BCUT2D eigenvalue weighted by Gasteiger charge is -2.23. The summed E-state index contributed by atoms with van der Waals surface area (Å²) in [4.78, 5) is 0. The van der Waals surface area contributed by atoms with Gasteiger partial charge in [-0.1, -0.05) is 6.42 Å². The number of nitrogen functional groups attached to an aromatic ring is 1. The molecule has 3 nitrogen and oxygen atoms in total. The third-order valence-corrected chi connectivity index (χ3v) is 3.14. The van der Waals surface area contributed by atoms with Crippen LogP contribution in [0.1, 0.15) is 39.0 Å². The van der Waals surface area contributed by atoms with E-state index in [1.54, 1.807) is 0 Å². The van der Waals surface area contributed by atoms with Crippen LogP contribution in [0.5, 0.6) is 11.5 Å². The predicted molar refractivity (Wildman–Crippen MR) is 69.5 cm³/mol. The molecule has 94 valence electrons. The van der Waals surface area contributed by atoms with Crippen molar-refractivity contribution in [3.05, 3.63) is 18.2 Å². The molecule has 2 N–H and O–H groups in total. The highest BCUT2D eigenvalue weighted by Gasteiger charge is 2.15. The van der Waals surface area contributed by atoms with E-state index in [-0.39, 0.29) is 0 Å². The van der Waals surface area contributed by atoms with Gasteiger partial charge >= 0.3 is 0 Å². The van der Waals surface area contributed by atoms with Crippen LogP contribution in [0, 0.1) is 0 Å². The smallest absolute Gasteiger partial charge is 0.145 e. The third kappa shape index (κ3) is 3.29. The van der Waals surface area contributed by atoms with E-state index in [0.29, 0.717) is 18.4 Å². The van der Waals surface area contributed by atoms with Crippen LogP contribution in [0.15, 0.2) is 18.2 Å². The molecule has 0 aromatic heterocycles. The Hall–Kier alpha value is -1.38. The zero-order chi connectivity index (χ0) is 12.1. The molecule has 0 spiro atoms. The van der Waals surface area contributed by atoms with Crippen LogP contribution in [0.3, 0.4) is 0 Å². The highest BCUT2D eigenvalue weighted by atomic mass is 16.5. The van der Waals surface area contributed by atoms with Gasteiger partial charge in [0.15, 0.2) is 0 Å². The number of benzene rings is 1. The van der Waals surface area contributed by atoms with E-state index in [0.717, 1.165) is 24.3 Å². The zero-order valence-electron chi connectivity index (χ0n) is 10.4. The molecule has 0 bridgehead atoms. The Morgan fingerprint density at radius 2 is 2.00 bits per heavy atom. The first-order chi connectivity index (χ1) is 8.29. The van der Waals surface area contributed by atoms with Crippen molar-refractivity contribution in [2.75, 3.05) is 12.3 Å². The molecule has 1 aliphatic carbocycles. The zero-order valence-corrected chi connectivity index (χ0v) is 10.4. The van der Waals surface area contributed by atoms with Crippen molar-refractivity contribution in [1.82, 2.24) is 0 Å². The minimum Gasteiger partial charge on any atom is -0.492 e. The van der Waals surface area contributed by atoms with E-state index in [4.69, 9.17) is 15.2 Å². The molecule has 0 unspecified atom stereocenters. The Balaban J connectivity index is 2.02.